The lowest BCUT2D eigenvalue weighted by molar-refractivity contribution is -0.149. The van der Waals surface area contributed by atoms with Crippen LogP contribution in [0.5, 0.6) is 0 Å². The highest BCUT2D eigenvalue weighted by molar-refractivity contribution is 14.2. The van der Waals surface area contributed by atoms with Crippen LogP contribution in [0.4, 0.5) is 0 Å². The molecule has 0 heterocycles. The highest BCUT2D eigenvalue weighted by Gasteiger charge is 2.25. The van der Waals surface area contributed by atoms with E-state index >= 15 is 0 Å². The van der Waals surface area contributed by atoms with Gasteiger partial charge in [0, 0.05) is 29.2 Å². The molecule has 0 saturated heterocycles. The second-order valence-electron chi connectivity index (χ2n) is 3.58. The predicted octanol–water partition coefficient (Wildman–Crippen LogP) is 2.54. The fraction of sp³-hybridized carbons (Fsp3) is 0.889. The molecule has 0 aliphatic rings. The minimum Gasteiger partial charge on any atom is -0.462 e. The number of esters is 1. The van der Waals surface area contributed by atoms with E-state index in [9.17, 15) is 9.36 Å². The highest BCUT2D eigenvalue weighted by atomic mass is 127. The molecule has 3 atom stereocenters. The van der Waals surface area contributed by atoms with Crippen molar-refractivity contribution in [3.05, 3.63) is 0 Å². The molecule has 0 saturated carbocycles. The number of hydrogen-bond acceptors (Lipinski definition) is 4. The monoisotopic (exact) mass is 363 g/mol. The summed E-state index contributed by atoms with van der Waals surface area (Å²) in [4.78, 5) is 8.89. The van der Waals surface area contributed by atoms with Crippen molar-refractivity contribution in [3.8, 4) is 0 Å². The summed E-state index contributed by atoms with van der Waals surface area (Å²) in [6.07, 6.45) is 0.736. The second kappa shape index (κ2) is 7.63. The second-order valence-corrected chi connectivity index (χ2v) is 10.1. The molecule has 0 aromatic heterocycles. The number of carbonyl (C=O) groups is 1. The van der Waals surface area contributed by atoms with Gasteiger partial charge in [0.05, 0.1) is 6.10 Å². The van der Waals surface area contributed by atoms with Crippen LogP contribution in [0.1, 0.15) is 27.2 Å². The van der Waals surface area contributed by atoms with Crippen LogP contribution in [-0.2, 0) is 18.8 Å². The van der Waals surface area contributed by atoms with Gasteiger partial charge in [0.25, 0.3) is 0 Å². The Bertz CT molecular complexity index is 274. The molecule has 5 nitrogen and oxygen atoms in total. The number of methoxy groups -OCH3 is 1. The maximum absolute atomic E-state index is 11.8. The van der Waals surface area contributed by atoms with Crippen molar-refractivity contribution in [1.82, 2.24) is 5.09 Å². The Hall–Kier alpha value is 0.350. The zero-order chi connectivity index (χ0) is 12.8. The van der Waals surface area contributed by atoms with Crippen molar-refractivity contribution in [2.45, 2.75) is 39.3 Å². The summed E-state index contributed by atoms with van der Waals surface area (Å²) in [5, 5.41) is 2.73. The van der Waals surface area contributed by atoms with E-state index in [0.29, 0.717) is 0 Å². The van der Waals surface area contributed by atoms with Crippen LogP contribution in [0.2, 0.25) is 0 Å². The third-order valence-corrected chi connectivity index (χ3v) is 4.96. The Morgan fingerprint density at radius 3 is 2.50 bits per heavy atom. The van der Waals surface area contributed by atoms with Crippen LogP contribution in [0.25, 0.3) is 0 Å². The summed E-state index contributed by atoms with van der Waals surface area (Å²) >= 11 is 1.78. The molecular weight excluding hydrogens is 344 g/mol. The summed E-state index contributed by atoms with van der Waals surface area (Å²) in [6, 6.07) is -0.591. The quantitative estimate of drug-likeness (QED) is 0.428. The van der Waals surface area contributed by atoms with Crippen molar-refractivity contribution in [2.75, 3.05) is 13.5 Å². The molecule has 0 fully saturated rings. The molecule has 3 unspecified atom stereocenters. The minimum absolute atomic E-state index is 0.0918. The molecule has 1 N–H and O–H groups in total. The van der Waals surface area contributed by atoms with Gasteiger partial charge in [0.15, 0.2) is 0 Å². The summed E-state index contributed by atoms with van der Waals surface area (Å²) in [7, 11) is 1.47. The first-order valence-electron chi connectivity index (χ1n) is 5.08. The van der Waals surface area contributed by atoms with Gasteiger partial charge >= 0.3 is 5.97 Å². The first-order chi connectivity index (χ1) is 7.32. The maximum Gasteiger partial charge on any atom is 0.323 e. The number of rotatable bonds is 7. The predicted molar refractivity (Wildman–Crippen MR) is 71.9 cm³/mol. The molecule has 0 aliphatic heterocycles. The number of carbonyl (C=O) groups excluding carboxylic acids is 1. The molecule has 7 heteroatoms. The molecule has 0 amide bonds. The van der Waals surface area contributed by atoms with Crippen LogP contribution < -0.4 is 5.09 Å². The van der Waals surface area contributed by atoms with Gasteiger partial charge in [-0.15, -0.1) is 0 Å². The van der Waals surface area contributed by atoms with Crippen LogP contribution in [0, 0.1) is 0 Å². The minimum atomic E-state index is -2.66. The molecule has 0 aromatic carbocycles. The fourth-order valence-electron chi connectivity index (χ4n) is 0.929. The lowest BCUT2D eigenvalue weighted by Gasteiger charge is -2.19. The Labute approximate surface area is 110 Å². The van der Waals surface area contributed by atoms with Gasteiger partial charge in [0.1, 0.15) is 12.4 Å². The van der Waals surface area contributed by atoms with E-state index in [-0.39, 0.29) is 18.4 Å². The van der Waals surface area contributed by atoms with Gasteiger partial charge in [-0.05, 0) is 20.3 Å². The summed E-state index contributed by atoms with van der Waals surface area (Å²) in [6.45, 7) is 5.39. The Balaban J connectivity index is 4.19. The Morgan fingerprint density at radius 1 is 1.50 bits per heavy atom. The van der Waals surface area contributed by atoms with E-state index < -0.39 is 11.0 Å². The SMILES string of the molecule is CCC(C)OC(=O)C(C)NP(=O)(I)COC. The van der Waals surface area contributed by atoms with Gasteiger partial charge in [-0.25, -0.2) is 5.09 Å². The van der Waals surface area contributed by atoms with Crippen LogP contribution in [0.3, 0.4) is 0 Å². The molecule has 0 aliphatic carbocycles. The molecule has 0 radical (unpaired) electrons. The zero-order valence-corrected chi connectivity index (χ0v) is 13.1. The standard InChI is InChI=1S/C9H19INO4P/c1-5-7(2)15-9(12)8(3)11-16(10,13)6-14-4/h7-8H,5-6H2,1-4H3,(H,11,13). The Kier molecular flexibility index (Phi) is 7.80. The molecule has 0 spiro atoms. The summed E-state index contributed by atoms with van der Waals surface area (Å²) < 4.78 is 21.7. The molecule has 16 heavy (non-hydrogen) atoms. The fourth-order valence-corrected chi connectivity index (χ4v) is 4.11. The third kappa shape index (κ3) is 6.83. The van der Waals surface area contributed by atoms with E-state index in [0.717, 1.165) is 6.42 Å². The van der Waals surface area contributed by atoms with E-state index in [1.807, 2.05) is 13.8 Å². The average Bonchev–Trinajstić information content (AvgIpc) is 2.16. The van der Waals surface area contributed by atoms with Crippen molar-refractivity contribution in [2.24, 2.45) is 0 Å². The normalized spacial score (nSPS) is 18.6. The van der Waals surface area contributed by atoms with Gasteiger partial charge in [0.2, 0.25) is 4.94 Å². The third-order valence-electron chi connectivity index (χ3n) is 1.93. The first kappa shape index (κ1) is 16.4. The van der Waals surface area contributed by atoms with Crippen molar-refractivity contribution < 1.29 is 18.8 Å². The largest absolute Gasteiger partial charge is 0.462 e. The number of hydrogen-bond donors (Lipinski definition) is 1. The topological polar surface area (TPSA) is 64.6 Å². The summed E-state index contributed by atoms with van der Waals surface area (Å²) in [5.41, 5.74) is 0. The molecular formula is C9H19INO4P. The number of ether oxygens (including phenoxy) is 2. The van der Waals surface area contributed by atoms with E-state index in [1.165, 1.54) is 7.11 Å². The van der Waals surface area contributed by atoms with Crippen molar-refractivity contribution >= 4 is 32.9 Å². The number of nitrogens with one attached hydrogen (secondary N) is 1. The van der Waals surface area contributed by atoms with E-state index in [2.05, 4.69) is 5.09 Å². The van der Waals surface area contributed by atoms with Crippen LogP contribution >= 0.6 is 27.0 Å². The Morgan fingerprint density at radius 2 is 2.06 bits per heavy atom. The van der Waals surface area contributed by atoms with Gasteiger partial charge in [-0.1, -0.05) is 6.92 Å². The smallest absolute Gasteiger partial charge is 0.323 e. The van der Waals surface area contributed by atoms with Gasteiger partial charge < -0.3 is 9.47 Å². The van der Waals surface area contributed by atoms with Gasteiger partial charge in [-0.2, -0.15) is 0 Å². The van der Waals surface area contributed by atoms with Gasteiger partial charge in [-0.3, -0.25) is 9.36 Å². The summed E-state index contributed by atoms with van der Waals surface area (Å²) in [5.74, 6) is -0.387. The van der Waals surface area contributed by atoms with Crippen LogP contribution in [0.15, 0.2) is 0 Å². The lowest BCUT2D eigenvalue weighted by Crippen LogP contribution is -2.34. The molecule has 0 aromatic rings. The maximum atomic E-state index is 11.8. The highest BCUT2D eigenvalue weighted by Crippen LogP contribution is 2.50. The van der Waals surface area contributed by atoms with E-state index in [1.54, 1.807) is 29.0 Å². The van der Waals surface area contributed by atoms with Crippen molar-refractivity contribution in [1.29, 1.82) is 0 Å². The average molecular weight is 363 g/mol. The van der Waals surface area contributed by atoms with E-state index in [4.69, 9.17) is 9.47 Å². The molecule has 0 bridgehead atoms. The molecule has 0 rings (SSSR count). The lowest BCUT2D eigenvalue weighted by atomic mass is 10.3. The number of halogens is 1. The zero-order valence-electron chi connectivity index (χ0n) is 10.0. The van der Waals surface area contributed by atoms with Crippen LogP contribution in [-0.4, -0.2) is 31.6 Å². The van der Waals surface area contributed by atoms with Crippen molar-refractivity contribution in [3.63, 3.8) is 0 Å². The first-order valence-corrected chi connectivity index (χ1v) is 9.76. The molecule has 96 valence electrons.